The number of carbonyl (C=O) groups is 1. The fourth-order valence-corrected chi connectivity index (χ4v) is 14.2. The van der Waals surface area contributed by atoms with Gasteiger partial charge >= 0.3 is 5.97 Å². The molecule has 0 saturated heterocycles. The third kappa shape index (κ3) is 11.5. The molecule has 0 amide bonds. The molecule has 4 aliphatic rings. The summed E-state index contributed by atoms with van der Waals surface area (Å²) in [7, 11) is 0. The predicted octanol–water partition coefficient (Wildman–Crippen LogP) is 15.9. The molecule has 0 aliphatic heterocycles. The van der Waals surface area contributed by atoms with E-state index in [-0.39, 0.29) is 21.8 Å². The highest BCUT2D eigenvalue weighted by atomic mass is 79.9. The Kier molecular flexibility index (Phi) is 19.1. The standard InChI is InChI=1S/C46H82Br2O2/c1-5-7-9-11-13-14-15-16-17-18-19-20-21-22-24-26-28-43(49)50-38-31-34-45(4)41-32-33-44(3)37(27-25-23-12-10-8-6-2)29-30-40(44)39(41)35-42(47)46(45,48)36-38/h37-42H,5-36H2,1-4H3/t37-,38-,39-,40-,41-,42+,44+,45+,46-/m0/s1. The van der Waals surface area contributed by atoms with Crippen molar-refractivity contribution in [2.24, 2.45) is 34.5 Å². The van der Waals surface area contributed by atoms with Crippen LogP contribution in [0.1, 0.15) is 233 Å². The van der Waals surface area contributed by atoms with Crippen molar-refractivity contribution in [2.75, 3.05) is 0 Å². The van der Waals surface area contributed by atoms with E-state index >= 15 is 0 Å². The molecule has 4 aliphatic carbocycles. The van der Waals surface area contributed by atoms with E-state index in [1.807, 2.05) is 0 Å². The molecule has 0 aromatic heterocycles. The van der Waals surface area contributed by atoms with Crippen LogP contribution in [0.15, 0.2) is 0 Å². The number of esters is 1. The highest BCUT2D eigenvalue weighted by Gasteiger charge is 2.66. The molecule has 292 valence electrons. The van der Waals surface area contributed by atoms with Gasteiger partial charge in [-0.2, -0.15) is 0 Å². The lowest BCUT2D eigenvalue weighted by molar-refractivity contribution is -0.157. The van der Waals surface area contributed by atoms with E-state index in [0.29, 0.717) is 16.7 Å². The smallest absolute Gasteiger partial charge is 0.306 e. The molecule has 2 nitrogen and oxygen atoms in total. The van der Waals surface area contributed by atoms with E-state index in [9.17, 15) is 4.79 Å². The lowest BCUT2D eigenvalue weighted by Gasteiger charge is -2.65. The van der Waals surface area contributed by atoms with Crippen LogP contribution in [-0.2, 0) is 9.53 Å². The Morgan fingerprint density at radius 1 is 0.640 bits per heavy atom. The molecule has 9 atom stereocenters. The van der Waals surface area contributed by atoms with Crippen molar-refractivity contribution in [3.63, 3.8) is 0 Å². The number of ether oxygens (including phenoxy) is 1. The van der Waals surface area contributed by atoms with Crippen LogP contribution in [-0.4, -0.2) is 21.2 Å². The van der Waals surface area contributed by atoms with Crippen LogP contribution < -0.4 is 0 Å². The fraction of sp³-hybridized carbons (Fsp3) is 0.978. The van der Waals surface area contributed by atoms with Gasteiger partial charge in [-0.1, -0.05) is 194 Å². The van der Waals surface area contributed by atoms with Crippen molar-refractivity contribution in [3.05, 3.63) is 0 Å². The maximum atomic E-state index is 13.0. The quantitative estimate of drug-likeness (QED) is 0.0521. The lowest BCUT2D eigenvalue weighted by Crippen LogP contribution is -2.64. The number of hydrogen-bond acceptors (Lipinski definition) is 2. The van der Waals surface area contributed by atoms with Crippen LogP contribution in [0, 0.1) is 34.5 Å². The fourth-order valence-electron chi connectivity index (χ4n) is 12.1. The molecule has 4 rings (SSSR count). The second kappa shape index (κ2) is 22.1. The normalized spacial score (nSPS) is 35.0. The Morgan fingerprint density at radius 3 is 1.72 bits per heavy atom. The van der Waals surface area contributed by atoms with Crippen LogP contribution in [0.25, 0.3) is 0 Å². The Balaban J connectivity index is 1.11. The lowest BCUT2D eigenvalue weighted by atomic mass is 9.44. The number of rotatable bonds is 25. The average Bonchev–Trinajstić information content (AvgIpc) is 3.43. The zero-order chi connectivity index (χ0) is 35.9. The maximum absolute atomic E-state index is 13.0. The van der Waals surface area contributed by atoms with Gasteiger partial charge in [0.25, 0.3) is 0 Å². The van der Waals surface area contributed by atoms with Gasteiger partial charge in [0.2, 0.25) is 0 Å². The summed E-state index contributed by atoms with van der Waals surface area (Å²) >= 11 is 8.73. The molecule has 50 heavy (non-hydrogen) atoms. The molecule has 0 N–H and O–H groups in total. The van der Waals surface area contributed by atoms with Gasteiger partial charge < -0.3 is 4.74 Å². The molecule has 0 bridgehead atoms. The van der Waals surface area contributed by atoms with Crippen molar-refractivity contribution >= 4 is 37.8 Å². The highest BCUT2D eigenvalue weighted by molar-refractivity contribution is 9.12. The van der Waals surface area contributed by atoms with E-state index in [2.05, 4.69) is 59.6 Å². The second-order valence-corrected chi connectivity index (χ2v) is 21.2. The Bertz CT molecular complexity index is 954. The molecule has 0 spiro atoms. The summed E-state index contributed by atoms with van der Waals surface area (Å²) in [6.07, 6.45) is 42.7. The minimum Gasteiger partial charge on any atom is -0.462 e. The van der Waals surface area contributed by atoms with Crippen LogP contribution in [0.3, 0.4) is 0 Å². The van der Waals surface area contributed by atoms with E-state index in [4.69, 9.17) is 4.74 Å². The average molecular weight is 827 g/mol. The summed E-state index contributed by atoms with van der Waals surface area (Å²) < 4.78 is 6.25. The van der Waals surface area contributed by atoms with Crippen LogP contribution in [0.2, 0.25) is 0 Å². The molecule has 0 unspecified atom stereocenters. The van der Waals surface area contributed by atoms with Gasteiger partial charge in [0.15, 0.2) is 0 Å². The first kappa shape index (κ1) is 43.2. The van der Waals surface area contributed by atoms with Gasteiger partial charge in [-0.15, -0.1) is 0 Å². The Labute approximate surface area is 328 Å². The van der Waals surface area contributed by atoms with Crippen LogP contribution in [0.5, 0.6) is 0 Å². The van der Waals surface area contributed by atoms with Crippen LogP contribution in [0.4, 0.5) is 0 Å². The Hall–Kier alpha value is 0.430. The molecule has 0 aromatic carbocycles. The first-order valence-corrected chi connectivity index (χ1v) is 24.4. The highest BCUT2D eigenvalue weighted by Crippen LogP contribution is 2.71. The molecule has 4 saturated carbocycles. The zero-order valence-electron chi connectivity index (χ0n) is 33.7. The largest absolute Gasteiger partial charge is 0.462 e. The summed E-state index contributed by atoms with van der Waals surface area (Å²) in [6, 6.07) is 0. The van der Waals surface area contributed by atoms with E-state index in [1.54, 1.807) is 0 Å². The van der Waals surface area contributed by atoms with Crippen molar-refractivity contribution in [1.29, 1.82) is 0 Å². The first-order valence-electron chi connectivity index (χ1n) is 22.7. The van der Waals surface area contributed by atoms with E-state index < -0.39 is 0 Å². The summed E-state index contributed by atoms with van der Waals surface area (Å²) in [6.45, 7) is 9.95. The topological polar surface area (TPSA) is 26.3 Å². The van der Waals surface area contributed by atoms with Gasteiger partial charge in [-0.05, 0) is 92.3 Å². The summed E-state index contributed by atoms with van der Waals surface area (Å²) in [5, 5.41) is 0. The summed E-state index contributed by atoms with van der Waals surface area (Å²) in [5.41, 5.74) is 0.818. The predicted molar refractivity (Wildman–Crippen MR) is 224 cm³/mol. The number of hydrogen-bond donors (Lipinski definition) is 0. The third-order valence-electron chi connectivity index (χ3n) is 15.3. The molecule has 0 aromatic rings. The second-order valence-electron chi connectivity index (χ2n) is 18.6. The summed E-state index contributed by atoms with van der Waals surface area (Å²) in [4.78, 5) is 13.4. The minimum absolute atomic E-state index is 0.0167. The van der Waals surface area contributed by atoms with E-state index in [1.165, 1.54) is 180 Å². The molecular formula is C46H82Br2O2. The SMILES string of the molecule is CCCCCCCCCCCCCCCCCCC(=O)O[C@H]1CC[C@]2(C)[C@H]3CC[C@]4(C)[C@@H](CCCCCCCC)CC[C@H]4[C@@H]3C[C@@H](Br)[C@@]2(Br)C1. The van der Waals surface area contributed by atoms with Crippen molar-refractivity contribution in [1.82, 2.24) is 0 Å². The van der Waals surface area contributed by atoms with Crippen molar-refractivity contribution in [2.45, 2.75) is 248 Å². The molecule has 0 radical (unpaired) electrons. The van der Waals surface area contributed by atoms with Crippen LogP contribution >= 0.6 is 31.9 Å². The van der Waals surface area contributed by atoms with Gasteiger partial charge in [0.05, 0.1) is 0 Å². The van der Waals surface area contributed by atoms with Crippen molar-refractivity contribution in [3.8, 4) is 0 Å². The molecule has 4 fully saturated rings. The molecule has 0 heterocycles. The van der Waals surface area contributed by atoms with Crippen molar-refractivity contribution < 1.29 is 9.53 Å². The minimum atomic E-state index is 0.0167. The van der Waals surface area contributed by atoms with Gasteiger partial charge in [-0.25, -0.2) is 0 Å². The van der Waals surface area contributed by atoms with Gasteiger partial charge in [0, 0.05) is 22.0 Å². The number of carbonyl (C=O) groups excluding carboxylic acids is 1. The zero-order valence-corrected chi connectivity index (χ0v) is 36.8. The van der Waals surface area contributed by atoms with E-state index in [0.717, 1.165) is 42.9 Å². The molecular weight excluding hydrogens is 744 g/mol. The first-order chi connectivity index (χ1) is 24.2. The van der Waals surface area contributed by atoms with Gasteiger partial charge in [0.1, 0.15) is 6.10 Å². The summed E-state index contributed by atoms with van der Waals surface area (Å²) in [5.74, 6) is 3.54. The maximum Gasteiger partial charge on any atom is 0.306 e. The molecule has 4 heteroatoms. The van der Waals surface area contributed by atoms with Gasteiger partial charge in [-0.3, -0.25) is 4.79 Å². The Morgan fingerprint density at radius 2 is 1.16 bits per heavy atom. The monoisotopic (exact) mass is 824 g/mol. The number of fused-ring (bicyclic) bond motifs is 5. The number of halogens is 2. The number of alkyl halides is 2. The third-order valence-corrected chi connectivity index (χ3v) is 18.9. The number of unbranched alkanes of at least 4 members (excludes halogenated alkanes) is 20.